The van der Waals surface area contributed by atoms with Gasteiger partial charge in [0, 0.05) is 12.1 Å². The summed E-state index contributed by atoms with van der Waals surface area (Å²) in [7, 11) is 3.00. The Labute approximate surface area is 197 Å². The maximum absolute atomic E-state index is 14.9. The van der Waals surface area contributed by atoms with Crippen LogP contribution in [0.2, 0.25) is 0 Å². The van der Waals surface area contributed by atoms with Crippen molar-refractivity contribution in [1.29, 1.82) is 10.5 Å². The first-order chi connectivity index (χ1) is 16.6. The third-order valence-corrected chi connectivity index (χ3v) is 6.91. The number of nitrogens with zero attached hydrogens (tertiary/aromatic N) is 3. The normalized spacial score (nSPS) is 21.7. The fraction of sp³-hybridized carbons (Fsp3) is 0.214. The second-order valence-electron chi connectivity index (χ2n) is 8.48. The molecule has 0 bridgehead atoms. The second kappa shape index (κ2) is 8.24. The van der Waals surface area contributed by atoms with Gasteiger partial charge in [0.25, 0.3) is 0 Å². The molecule has 3 aromatic carbocycles. The summed E-state index contributed by atoms with van der Waals surface area (Å²) >= 11 is 0. The van der Waals surface area contributed by atoms with Gasteiger partial charge in [0.1, 0.15) is 5.75 Å². The van der Waals surface area contributed by atoms with Gasteiger partial charge in [-0.05, 0) is 52.6 Å². The fourth-order valence-corrected chi connectivity index (χ4v) is 5.45. The van der Waals surface area contributed by atoms with Crippen LogP contribution in [0.15, 0.2) is 72.9 Å². The molecule has 2 aliphatic heterocycles. The molecule has 0 spiro atoms. The summed E-state index contributed by atoms with van der Waals surface area (Å²) in [4.78, 5) is 2.03. The Balaban J connectivity index is 1.80. The third kappa shape index (κ3) is 3.03. The van der Waals surface area contributed by atoms with Crippen molar-refractivity contribution in [3.05, 3.63) is 101 Å². The van der Waals surface area contributed by atoms with Gasteiger partial charge in [-0.2, -0.15) is 10.5 Å². The Kier molecular flexibility index (Phi) is 5.23. The van der Waals surface area contributed by atoms with Crippen molar-refractivity contribution in [2.75, 3.05) is 14.2 Å². The smallest absolute Gasteiger partial charge is 0.177 e. The van der Waals surface area contributed by atoms with Crippen LogP contribution in [-0.4, -0.2) is 19.1 Å². The van der Waals surface area contributed by atoms with Crippen LogP contribution in [0.3, 0.4) is 0 Å². The molecule has 1 saturated heterocycles. The summed E-state index contributed by atoms with van der Waals surface area (Å²) in [5.74, 6) is -0.301. The van der Waals surface area contributed by atoms with Crippen molar-refractivity contribution in [1.82, 2.24) is 4.90 Å². The van der Waals surface area contributed by atoms with Gasteiger partial charge < -0.3 is 14.4 Å². The van der Waals surface area contributed by atoms with E-state index in [0.29, 0.717) is 11.3 Å². The Bertz CT molecular complexity index is 1360. The number of ether oxygens (including phenoxy) is 2. The van der Waals surface area contributed by atoms with Crippen LogP contribution < -0.4 is 9.47 Å². The van der Waals surface area contributed by atoms with Gasteiger partial charge >= 0.3 is 0 Å². The molecule has 5 nitrogen and oxygen atoms in total. The highest BCUT2D eigenvalue weighted by Gasteiger charge is 2.62. The van der Waals surface area contributed by atoms with E-state index in [1.165, 1.54) is 13.2 Å². The Morgan fingerprint density at radius 1 is 0.912 bits per heavy atom. The third-order valence-electron chi connectivity index (χ3n) is 6.91. The van der Waals surface area contributed by atoms with Crippen LogP contribution in [-0.2, 0) is 0 Å². The second-order valence-corrected chi connectivity index (χ2v) is 8.48. The predicted molar refractivity (Wildman–Crippen MR) is 125 cm³/mol. The van der Waals surface area contributed by atoms with Gasteiger partial charge in [0.05, 0.1) is 38.4 Å². The molecule has 0 aromatic heterocycles. The Morgan fingerprint density at radius 3 is 2.41 bits per heavy atom. The zero-order valence-corrected chi connectivity index (χ0v) is 18.8. The lowest BCUT2D eigenvalue weighted by Crippen LogP contribution is -2.31. The van der Waals surface area contributed by atoms with Crippen LogP contribution in [0.25, 0.3) is 6.08 Å². The Morgan fingerprint density at radius 2 is 1.71 bits per heavy atom. The number of methoxy groups -OCH3 is 2. The number of hydrogen-bond acceptors (Lipinski definition) is 5. The van der Waals surface area contributed by atoms with Crippen molar-refractivity contribution in [2.24, 2.45) is 5.41 Å². The summed E-state index contributed by atoms with van der Waals surface area (Å²) in [6.45, 7) is 0. The molecular weight excluding hydrogens is 429 g/mol. The standard InChI is InChI=1S/C28H22FN3O2/c1-33-21-8-5-7-19(14-21)25-26(20-10-11-24(34-2)23(29)15-20)32-13-12-18-6-3-4-9-22(18)27(32)28(25,16-30)17-31/h3-15,25-27H,1-2H3/t25-,26-,27+/m0/s1. The van der Waals surface area contributed by atoms with Gasteiger partial charge in [0.15, 0.2) is 17.0 Å². The molecule has 0 amide bonds. The molecule has 1 fully saturated rings. The molecule has 34 heavy (non-hydrogen) atoms. The molecule has 0 unspecified atom stereocenters. The Hall–Kier alpha value is -4.29. The first-order valence-electron chi connectivity index (χ1n) is 10.9. The SMILES string of the molecule is COc1cccc([C@H]2[C@H](c3ccc(OC)c(F)c3)N3C=Cc4ccccc4[C@@H]3C2(C#N)C#N)c1. The highest BCUT2D eigenvalue weighted by molar-refractivity contribution is 5.61. The van der Waals surface area contributed by atoms with Gasteiger partial charge in [-0.25, -0.2) is 4.39 Å². The maximum Gasteiger partial charge on any atom is 0.177 e. The molecule has 0 aliphatic carbocycles. The van der Waals surface area contributed by atoms with Crippen molar-refractivity contribution in [3.63, 3.8) is 0 Å². The van der Waals surface area contributed by atoms with Crippen LogP contribution in [0.5, 0.6) is 11.5 Å². The van der Waals surface area contributed by atoms with E-state index in [2.05, 4.69) is 12.1 Å². The average Bonchev–Trinajstić information content (AvgIpc) is 3.19. The van der Waals surface area contributed by atoms with E-state index in [-0.39, 0.29) is 5.75 Å². The number of hydrogen-bond donors (Lipinski definition) is 0. The van der Waals surface area contributed by atoms with E-state index in [0.717, 1.165) is 16.7 Å². The molecule has 0 saturated carbocycles. The molecule has 0 radical (unpaired) electrons. The number of nitriles is 2. The quantitative estimate of drug-likeness (QED) is 0.506. The van der Waals surface area contributed by atoms with E-state index < -0.39 is 29.2 Å². The summed E-state index contributed by atoms with van der Waals surface area (Å²) < 4.78 is 25.4. The van der Waals surface area contributed by atoms with Crippen molar-refractivity contribution in [2.45, 2.75) is 18.0 Å². The lowest BCUT2D eigenvalue weighted by atomic mass is 9.67. The molecule has 3 atom stereocenters. The lowest BCUT2D eigenvalue weighted by molar-refractivity contribution is 0.254. The fourth-order valence-electron chi connectivity index (χ4n) is 5.45. The van der Waals surface area contributed by atoms with Crippen LogP contribution in [0.4, 0.5) is 4.39 Å². The highest BCUT2D eigenvalue weighted by Crippen LogP contribution is 2.64. The monoisotopic (exact) mass is 451 g/mol. The van der Waals surface area contributed by atoms with Gasteiger partial charge in [-0.1, -0.05) is 42.5 Å². The molecule has 6 heteroatoms. The van der Waals surface area contributed by atoms with E-state index in [1.807, 2.05) is 65.7 Å². The van der Waals surface area contributed by atoms with E-state index in [9.17, 15) is 14.9 Å². The maximum atomic E-state index is 14.9. The molecule has 0 N–H and O–H groups in total. The minimum atomic E-state index is -1.44. The summed E-state index contributed by atoms with van der Waals surface area (Å²) in [5, 5.41) is 21.2. The number of halogens is 1. The van der Waals surface area contributed by atoms with Crippen molar-refractivity contribution < 1.29 is 13.9 Å². The van der Waals surface area contributed by atoms with E-state index in [4.69, 9.17) is 9.47 Å². The zero-order chi connectivity index (χ0) is 23.9. The molecular formula is C28H22FN3O2. The van der Waals surface area contributed by atoms with Crippen LogP contribution in [0.1, 0.15) is 40.3 Å². The number of benzene rings is 3. The minimum Gasteiger partial charge on any atom is -0.497 e. The van der Waals surface area contributed by atoms with Gasteiger partial charge in [0.2, 0.25) is 0 Å². The summed E-state index contributed by atoms with van der Waals surface area (Å²) in [6.07, 6.45) is 3.90. The predicted octanol–water partition coefficient (Wildman–Crippen LogP) is 5.74. The van der Waals surface area contributed by atoms with Gasteiger partial charge in [-0.3, -0.25) is 0 Å². The van der Waals surface area contributed by atoms with Crippen LogP contribution in [0, 0.1) is 33.9 Å². The molecule has 2 heterocycles. The number of fused-ring (bicyclic) bond motifs is 3. The molecule has 2 aliphatic rings. The molecule has 168 valence electrons. The summed E-state index contributed by atoms with van der Waals surface area (Å²) in [6, 6.07) is 23.8. The van der Waals surface area contributed by atoms with Gasteiger partial charge in [-0.15, -0.1) is 0 Å². The number of rotatable bonds is 4. The first kappa shape index (κ1) is 21.6. The topological polar surface area (TPSA) is 69.3 Å². The molecule has 3 aromatic rings. The lowest BCUT2D eigenvalue weighted by Gasteiger charge is -2.35. The van der Waals surface area contributed by atoms with Crippen molar-refractivity contribution in [3.8, 4) is 23.6 Å². The average molecular weight is 452 g/mol. The highest BCUT2D eigenvalue weighted by atomic mass is 19.1. The largest absolute Gasteiger partial charge is 0.497 e. The first-order valence-corrected chi connectivity index (χ1v) is 10.9. The zero-order valence-electron chi connectivity index (χ0n) is 18.8. The van der Waals surface area contributed by atoms with E-state index in [1.54, 1.807) is 19.2 Å². The minimum absolute atomic E-state index is 0.141. The van der Waals surface area contributed by atoms with Crippen LogP contribution >= 0.6 is 0 Å². The van der Waals surface area contributed by atoms with Crippen molar-refractivity contribution >= 4 is 6.08 Å². The summed E-state index contributed by atoms with van der Waals surface area (Å²) in [5.41, 5.74) is 1.87. The molecule has 5 rings (SSSR count). The van der Waals surface area contributed by atoms with E-state index >= 15 is 0 Å².